The Morgan fingerprint density at radius 3 is 2.57 bits per heavy atom. The quantitative estimate of drug-likeness (QED) is 0.583. The van der Waals surface area contributed by atoms with Gasteiger partial charge in [0.1, 0.15) is 0 Å². The van der Waals surface area contributed by atoms with Crippen LogP contribution in [0.3, 0.4) is 0 Å². The Morgan fingerprint density at radius 1 is 1.43 bits per heavy atom. The molecule has 1 fully saturated rings. The maximum absolute atomic E-state index is 9.33. The third-order valence-corrected chi connectivity index (χ3v) is 2.81. The molecule has 4 nitrogen and oxygen atoms in total. The zero-order valence-corrected chi connectivity index (χ0v) is 8.83. The molecule has 0 bridgehead atoms. The first-order valence-electron chi connectivity index (χ1n) is 5.30. The fraction of sp³-hybridized carbons (Fsp3) is 1.00. The summed E-state index contributed by atoms with van der Waals surface area (Å²) in [7, 11) is 0. The standard InChI is InChI=1S/C10H21NO3/c1-9(13)2-5-11-10(8-12)3-6-14-7-4-10/h9,11-13H,2-8H2,1H3. The molecule has 0 aromatic heterocycles. The van der Waals surface area contributed by atoms with Crippen molar-refractivity contribution in [2.45, 2.75) is 37.8 Å². The van der Waals surface area contributed by atoms with Gasteiger partial charge in [0.15, 0.2) is 0 Å². The van der Waals surface area contributed by atoms with Crippen molar-refractivity contribution in [3.8, 4) is 0 Å². The monoisotopic (exact) mass is 203 g/mol. The summed E-state index contributed by atoms with van der Waals surface area (Å²) in [5.41, 5.74) is -0.173. The lowest BCUT2D eigenvalue weighted by atomic mass is 9.91. The highest BCUT2D eigenvalue weighted by atomic mass is 16.5. The van der Waals surface area contributed by atoms with Crippen LogP contribution in [0.2, 0.25) is 0 Å². The van der Waals surface area contributed by atoms with Crippen molar-refractivity contribution in [2.24, 2.45) is 0 Å². The van der Waals surface area contributed by atoms with Gasteiger partial charge in [-0.1, -0.05) is 0 Å². The molecule has 1 heterocycles. The number of ether oxygens (including phenoxy) is 1. The average Bonchev–Trinajstić information content (AvgIpc) is 2.19. The first-order chi connectivity index (χ1) is 6.68. The van der Waals surface area contributed by atoms with Crippen LogP contribution in [-0.4, -0.2) is 48.2 Å². The van der Waals surface area contributed by atoms with Crippen molar-refractivity contribution < 1.29 is 14.9 Å². The van der Waals surface area contributed by atoms with Crippen molar-refractivity contribution in [1.29, 1.82) is 0 Å². The fourth-order valence-corrected chi connectivity index (χ4v) is 1.70. The third-order valence-electron chi connectivity index (χ3n) is 2.81. The summed E-state index contributed by atoms with van der Waals surface area (Å²) in [5, 5.41) is 21.8. The van der Waals surface area contributed by atoms with Crippen molar-refractivity contribution in [3.63, 3.8) is 0 Å². The van der Waals surface area contributed by atoms with E-state index in [1.165, 1.54) is 0 Å². The van der Waals surface area contributed by atoms with Gasteiger partial charge in [0.2, 0.25) is 0 Å². The summed E-state index contributed by atoms with van der Waals surface area (Å²) in [6, 6.07) is 0. The number of rotatable bonds is 5. The Kier molecular flexibility index (Phi) is 4.81. The fourth-order valence-electron chi connectivity index (χ4n) is 1.70. The lowest BCUT2D eigenvalue weighted by Gasteiger charge is -2.36. The highest BCUT2D eigenvalue weighted by Gasteiger charge is 2.30. The molecule has 0 aliphatic carbocycles. The van der Waals surface area contributed by atoms with Gasteiger partial charge < -0.3 is 20.3 Å². The van der Waals surface area contributed by atoms with Crippen molar-refractivity contribution in [2.75, 3.05) is 26.4 Å². The summed E-state index contributed by atoms with van der Waals surface area (Å²) in [5.74, 6) is 0. The molecule has 1 aliphatic rings. The largest absolute Gasteiger partial charge is 0.394 e. The number of hydrogen-bond donors (Lipinski definition) is 3. The van der Waals surface area contributed by atoms with Crippen LogP contribution >= 0.6 is 0 Å². The Bertz CT molecular complexity index is 155. The Balaban J connectivity index is 2.29. The maximum Gasteiger partial charge on any atom is 0.0615 e. The molecule has 0 spiro atoms. The van der Waals surface area contributed by atoms with E-state index in [9.17, 15) is 5.11 Å². The number of nitrogens with one attached hydrogen (secondary N) is 1. The second-order valence-electron chi connectivity index (χ2n) is 4.12. The molecule has 84 valence electrons. The summed E-state index contributed by atoms with van der Waals surface area (Å²) in [6.07, 6.45) is 2.15. The molecule has 0 saturated carbocycles. The highest BCUT2D eigenvalue weighted by molar-refractivity contribution is 4.89. The van der Waals surface area contributed by atoms with Crippen LogP contribution < -0.4 is 5.32 Å². The van der Waals surface area contributed by atoms with Crippen LogP contribution in [0, 0.1) is 0 Å². The van der Waals surface area contributed by atoms with Gasteiger partial charge >= 0.3 is 0 Å². The first kappa shape index (κ1) is 11.9. The van der Waals surface area contributed by atoms with E-state index in [0.29, 0.717) is 13.2 Å². The van der Waals surface area contributed by atoms with Crippen molar-refractivity contribution >= 4 is 0 Å². The van der Waals surface area contributed by atoms with E-state index in [4.69, 9.17) is 9.84 Å². The van der Waals surface area contributed by atoms with Crippen molar-refractivity contribution in [1.82, 2.24) is 5.32 Å². The predicted octanol–water partition coefficient (Wildman–Crippen LogP) is -0.112. The van der Waals surface area contributed by atoms with Gasteiger partial charge in [-0.2, -0.15) is 0 Å². The van der Waals surface area contributed by atoms with Gasteiger partial charge in [0, 0.05) is 18.8 Å². The molecule has 3 N–H and O–H groups in total. The normalized spacial score (nSPS) is 23.4. The summed E-state index contributed by atoms with van der Waals surface area (Å²) in [6.45, 7) is 4.09. The molecule has 4 heteroatoms. The van der Waals surface area contributed by atoms with Crippen LogP contribution in [0.25, 0.3) is 0 Å². The summed E-state index contributed by atoms with van der Waals surface area (Å²) in [4.78, 5) is 0. The molecule has 0 radical (unpaired) electrons. The predicted molar refractivity (Wildman–Crippen MR) is 54.2 cm³/mol. The molecule has 1 saturated heterocycles. The molecule has 1 unspecified atom stereocenters. The van der Waals surface area contributed by atoms with Crippen molar-refractivity contribution in [3.05, 3.63) is 0 Å². The number of aliphatic hydroxyl groups is 2. The van der Waals surface area contributed by atoms with Gasteiger partial charge in [0.05, 0.1) is 12.7 Å². The molecular formula is C10H21NO3. The lowest BCUT2D eigenvalue weighted by molar-refractivity contribution is 0.0107. The summed E-state index contributed by atoms with van der Waals surface area (Å²) < 4.78 is 5.25. The van der Waals surface area contributed by atoms with Crippen LogP contribution in [0.4, 0.5) is 0 Å². The van der Waals surface area contributed by atoms with E-state index in [1.54, 1.807) is 6.92 Å². The van der Waals surface area contributed by atoms with E-state index < -0.39 is 0 Å². The molecule has 0 aromatic rings. The van der Waals surface area contributed by atoms with E-state index >= 15 is 0 Å². The summed E-state index contributed by atoms with van der Waals surface area (Å²) >= 11 is 0. The van der Waals surface area contributed by atoms with E-state index in [0.717, 1.165) is 25.8 Å². The second kappa shape index (κ2) is 5.66. The molecule has 1 rings (SSSR count). The van der Waals surface area contributed by atoms with E-state index in [1.807, 2.05) is 0 Å². The Morgan fingerprint density at radius 2 is 2.07 bits per heavy atom. The smallest absolute Gasteiger partial charge is 0.0615 e. The van der Waals surface area contributed by atoms with Gasteiger partial charge in [-0.05, 0) is 32.7 Å². The van der Waals surface area contributed by atoms with Gasteiger partial charge in [-0.3, -0.25) is 0 Å². The Labute approximate surface area is 85.3 Å². The minimum atomic E-state index is -0.280. The molecule has 1 atom stereocenters. The Hall–Kier alpha value is -0.160. The maximum atomic E-state index is 9.33. The van der Waals surface area contributed by atoms with E-state index in [2.05, 4.69) is 5.32 Å². The average molecular weight is 203 g/mol. The first-order valence-corrected chi connectivity index (χ1v) is 5.30. The SMILES string of the molecule is CC(O)CCNC1(CO)CCOCC1. The minimum absolute atomic E-state index is 0.149. The zero-order chi connectivity index (χ0) is 10.4. The zero-order valence-electron chi connectivity index (χ0n) is 8.83. The van der Waals surface area contributed by atoms with Crippen LogP contribution in [0.1, 0.15) is 26.2 Å². The molecular weight excluding hydrogens is 182 g/mol. The van der Waals surface area contributed by atoms with Gasteiger partial charge in [0.25, 0.3) is 0 Å². The molecule has 0 aromatic carbocycles. The lowest BCUT2D eigenvalue weighted by Crippen LogP contribution is -2.52. The minimum Gasteiger partial charge on any atom is -0.394 e. The van der Waals surface area contributed by atoms with Crippen LogP contribution in [0.5, 0.6) is 0 Å². The van der Waals surface area contributed by atoms with E-state index in [-0.39, 0.29) is 18.2 Å². The van der Waals surface area contributed by atoms with Gasteiger partial charge in [-0.25, -0.2) is 0 Å². The molecule has 1 aliphatic heterocycles. The van der Waals surface area contributed by atoms with Crippen LogP contribution in [0.15, 0.2) is 0 Å². The third kappa shape index (κ3) is 3.53. The topological polar surface area (TPSA) is 61.7 Å². The molecule has 14 heavy (non-hydrogen) atoms. The molecule has 0 amide bonds. The van der Waals surface area contributed by atoms with Crippen LogP contribution in [-0.2, 0) is 4.74 Å². The second-order valence-corrected chi connectivity index (χ2v) is 4.12. The highest BCUT2D eigenvalue weighted by Crippen LogP contribution is 2.19. The number of aliphatic hydroxyl groups excluding tert-OH is 2. The number of hydrogen-bond acceptors (Lipinski definition) is 4. The van der Waals surface area contributed by atoms with Gasteiger partial charge in [-0.15, -0.1) is 0 Å².